The third-order valence-corrected chi connectivity index (χ3v) is 3.39. The van der Waals surface area contributed by atoms with Crippen molar-refractivity contribution in [1.82, 2.24) is 0 Å². The maximum atomic E-state index is 11.2. The Bertz CT molecular complexity index is 638. The van der Waals surface area contributed by atoms with Gasteiger partial charge in [-0.2, -0.15) is 0 Å². The maximum Gasteiger partial charge on any atom is 0.225 e. The summed E-state index contributed by atoms with van der Waals surface area (Å²) < 4.78 is 0. The van der Waals surface area contributed by atoms with E-state index in [9.17, 15) is 19.2 Å². The highest BCUT2D eigenvalue weighted by molar-refractivity contribution is 6.33. The van der Waals surface area contributed by atoms with Crippen LogP contribution in [0.25, 0.3) is 0 Å². The molecule has 0 amide bonds. The van der Waals surface area contributed by atoms with Crippen molar-refractivity contribution in [3.05, 3.63) is 70.8 Å². The Morgan fingerprint density at radius 3 is 1.17 bits per heavy atom. The highest BCUT2D eigenvalue weighted by atomic mass is 16.2. The van der Waals surface area contributed by atoms with Gasteiger partial charge in [-0.05, 0) is 24.0 Å². The van der Waals surface area contributed by atoms with Crippen LogP contribution < -0.4 is 0 Å². The predicted octanol–water partition coefficient (Wildman–Crippen LogP) is 0.586. The molecule has 6 heteroatoms. The van der Waals surface area contributed by atoms with Gasteiger partial charge >= 0.3 is 0 Å². The molecule has 0 saturated carbocycles. The van der Waals surface area contributed by atoms with Gasteiger partial charge < -0.3 is 11.0 Å². The zero-order chi connectivity index (χ0) is 15.9. The average molecular weight is 330 g/mol. The SMILES string of the molecule is O.O.O=CC(=O)c1ccc(CCc2ccc(C(=O)C=O)cc2)cc1. The van der Waals surface area contributed by atoms with Gasteiger partial charge in [-0.3, -0.25) is 19.2 Å². The van der Waals surface area contributed by atoms with Crippen LogP contribution in [0, 0.1) is 0 Å². The molecule has 0 atom stereocenters. The number of carbonyl (C=O) groups is 4. The van der Waals surface area contributed by atoms with Gasteiger partial charge in [0, 0.05) is 11.1 Å². The highest BCUT2D eigenvalue weighted by Crippen LogP contribution is 2.11. The van der Waals surface area contributed by atoms with Crippen molar-refractivity contribution in [3.8, 4) is 0 Å². The molecular formula is C18H18O6. The van der Waals surface area contributed by atoms with E-state index in [1.54, 1.807) is 24.3 Å². The summed E-state index contributed by atoms with van der Waals surface area (Å²) in [6.45, 7) is 0. The van der Waals surface area contributed by atoms with Gasteiger partial charge in [-0.15, -0.1) is 0 Å². The summed E-state index contributed by atoms with van der Waals surface area (Å²) >= 11 is 0. The number of aldehydes is 2. The van der Waals surface area contributed by atoms with E-state index in [4.69, 9.17) is 0 Å². The molecule has 0 heterocycles. The van der Waals surface area contributed by atoms with E-state index >= 15 is 0 Å². The predicted molar refractivity (Wildman–Crippen MR) is 88.3 cm³/mol. The summed E-state index contributed by atoms with van der Waals surface area (Å²) in [5.74, 6) is -1.05. The fourth-order valence-electron chi connectivity index (χ4n) is 2.10. The van der Waals surface area contributed by atoms with Crippen LogP contribution in [0.15, 0.2) is 48.5 Å². The first-order valence-corrected chi connectivity index (χ1v) is 6.81. The monoisotopic (exact) mass is 330 g/mol. The molecule has 4 N–H and O–H groups in total. The van der Waals surface area contributed by atoms with Crippen molar-refractivity contribution in [2.24, 2.45) is 0 Å². The fourth-order valence-corrected chi connectivity index (χ4v) is 2.10. The van der Waals surface area contributed by atoms with Gasteiger partial charge in [-0.1, -0.05) is 48.5 Å². The van der Waals surface area contributed by atoms with Gasteiger partial charge in [0.25, 0.3) is 0 Å². The smallest absolute Gasteiger partial charge is 0.225 e. The lowest BCUT2D eigenvalue weighted by atomic mass is 10.0. The third kappa shape index (κ3) is 5.35. The molecule has 0 fully saturated rings. The van der Waals surface area contributed by atoms with Crippen molar-refractivity contribution >= 4 is 24.1 Å². The average Bonchev–Trinajstić information content (AvgIpc) is 2.59. The van der Waals surface area contributed by atoms with E-state index in [1.807, 2.05) is 24.3 Å². The van der Waals surface area contributed by atoms with Crippen LogP contribution in [-0.2, 0) is 22.4 Å². The maximum absolute atomic E-state index is 11.2. The zero-order valence-electron chi connectivity index (χ0n) is 12.8. The molecule has 0 saturated heterocycles. The summed E-state index contributed by atoms with van der Waals surface area (Å²) in [4.78, 5) is 43.2. The molecule has 2 aromatic rings. The summed E-state index contributed by atoms with van der Waals surface area (Å²) in [6, 6.07) is 13.8. The van der Waals surface area contributed by atoms with Crippen LogP contribution in [0.3, 0.4) is 0 Å². The molecule has 0 aliphatic heterocycles. The Labute approximate surface area is 138 Å². The summed E-state index contributed by atoms with van der Waals surface area (Å²) in [5.41, 5.74) is 2.87. The van der Waals surface area contributed by atoms with Crippen molar-refractivity contribution in [1.29, 1.82) is 0 Å². The summed E-state index contributed by atoms with van der Waals surface area (Å²) in [6.07, 6.45) is 2.15. The molecule has 2 rings (SSSR count). The minimum Gasteiger partial charge on any atom is -0.412 e. The van der Waals surface area contributed by atoms with Crippen LogP contribution in [0.2, 0.25) is 0 Å². The van der Waals surface area contributed by atoms with E-state index in [0.29, 0.717) is 23.7 Å². The molecule has 0 aliphatic carbocycles. The van der Waals surface area contributed by atoms with Gasteiger partial charge in [-0.25, -0.2) is 0 Å². The molecule has 0 unspecified atom stereocenters. The molecule has 2 aromatic carbocycles. The van der Waals surface area contributed by atoms with Crippen LogP contribution in [-0.4, -0.2) is 35.1 Å². The molecule has 0 aromatic heterocycles. The van der Waals surface area contributed by atoms with Gasteiger partial charge in [0.1, 0.15) is 0 Å². The number of hydrogen-bond donors (Lipinski definition) is 0. The van der Waals surface area contributed by atoms with Crippen molar-refractivity contribution < 1.29 is 30.1 Å². The number of carbonyl (C=O) groups excluding carboxylic acids is 4. The Morgan fingerprint density at radius 1 is 0.625 bits per heavy atom. The fraction of sp³-hybridized carbons (Fsp3) is 0.111. The second kappa shape index (κ2) is 9.94. The van der Waals surface area contributed by atoms with E-state index in [0.717, 1.165) is 24.0 Å². The molecule has 126 valence electrons. The van der Waals surface area contributed by atoms with Crippen LogP contribution in [0.5, 0.6) is 0 Å². The summed E-state index contributed by atoms with van der Waals surface area (Å²) in [7, 11) is 0. The van der Waals surface area contributed by atoms with Crippen LogP contribution in [0.4, 0.5) is 0 Å². The lowest BCUT2D eigenvalue weighted by molar-refractivity contribution is -0.105. The number of Topliss-reactive ketones (excluding diaryl/α,β-unsaturated/α-hetero) is 2. The first-order valence-electron chi connectivity index (χ1n) is 6.81. The number of rotatable bonds is 7. The molecular weight excluding hydrogens is 312 g/mol. The number of aryl methyl sites for hydroxylation is 2. The Balaban J connectivity index is 0.00000264. The quantitative estimate of drug-likeness (QED) is 0.417. The minimum atomic E-state index is -0.526. The first-order chi connectivity index (χ1) is 10.6. The van der Waals surface area contributed by atoms with E-state index < -0.39 is 11.6 Å². The van der Waals surface area contributed by atoms with E-state index in [1.165, 1.54) is 0 Å². The van der Waals surface area contributed by atoms with Crippen molar-refractivity contribution in [2.45, 2.75) is 12.8 Å². The lowest BCUT2D eigenvalue weighted by Crippen LogP contribution is -2.01. The van der Waals surface area contributed by atoms with Gasteiger partial charge in [0.2, 0.25) is 11.6 Å². The summed E-state index contributed by atoms with van der Waals surface area (Å²) in [5, 5.41) is 0. The highest BCUT2D eigenvalue weighted by Gasteiger charge is 2.05. The molecule has 24 heavy (non-hydrogen) atoms. The lowest BCUT2D eigenvalue weighted by Gasteiger charge is -2.04. The largest absolute Gasteiger partial charge is 0.412 e. The Morgan fingerprint density at radius 2 is 0.917 bits per heavy atom. The molecule has 6 nitrogen and oxygen atoms in total. The normalized spacial score (nSPS) is 9.17. The van der Waals surface area contributed by atoms with E-state index in [2.05, 4.69) is 0 Å². The number of benzene rings is 2. The zero-order valence-corrected chi connectivity index (χ0v) is 12.8. The molecule has 0 radical (unpaired) electrons. The van der Waals surface area contributed by atoms with Crippen LogP contribution in [0.1, 0.15) is 31.8 Å². The minimum absolute atomic E-state index is 0. The van der Waals surface area contributed by atoms with Gasteiger partial charge in [0.05, 0.1) is 0 Å². The van der Waals surface area contributed by atoms with E-state index in [-0.39, 0.29) is 11.0 Å². The number of ketones is 2. The number of hydrogen-bond acceptors (Lipinski definition) is 4. The van der Waals surface area contributed by atoms with Crippen molar-refractivity contribution in [3.63, 3.8) is 0 Å². The van der Waals surface area contributed by atoms with Gasteiger partial charge in [0.15, 0.2) is 12.6 Å². The Hall–Kier alpha value is -2.96. The molecule has 0 aliphatic rings. The Kier molecular flexibility index (Phi) is 8.71. The standard InChI is InChI=1S/C18H14O4.2H2O/c19-11-17(21)15-7-3-13(4-8-15)1-2-14-5-9-16(10-6-14)18(22)12-20;;/h3-12H,1-2H2;2*1H2. The second-order valence-corrected chi connectivity index (χ2v) is 4.86. The molecule has 0 bridgehead atoms. The molecule has 0 spiro atoms. The second-order valence-electron chi connectivity index (χ2n) is 4.86. The topological polar surface area (TPSA) is 131 Å². The van der Waals surface area contributed by atoms with Crippen molar-refractivity contribution in [2.75, 3.05) is 0 Å². The van der Waals surface area contributed by atoms with Crippen LogP contribution >= 0.6 is 0 Å². The third-order valence-electron chi connectivity index (χ3n) is 3.39. The first kappa shape index (κ1) is 21.0.